The summed E-state index contributed by atoms with van der Waals surface area (Å²) in [6.45, 7) is 1.30. The van der Waals surface area contributed by atoms with Crippen molar-refractivity contribution >= 4 is 5.91 Å². The number of aliphatic hydroxyl groups is 1. The predicted molar refractivity (Wildman–Crippen MR) is 54.9 cm³/mol. The average molecular weight is 265 g/mol. The van der Waals surface area contributed by atoms with E-state index in [1.807, 2.05) is 0 Å². The van der Waals surface area contributed by atoms with Crippen molar-refractivity contribution in [2.75, 3.05) is 6.61 Å². The standard InChI is InChI=1S/C11H11F4NO2/c1-5(2-3-17)16-11(18)6-4-7(12)9(14)10(15)8(6)13/h4-5,17H,2-3H2,1H3,(H,16,18). The van der Waals surface area contributed by atoms with E-state index in [-0.39, 0.29) is 19.1 Å². The first-order valence-corrected chi connectivity index (χ1v) is 5.13. The molecule has 0 heterocycles. The molecule has 1 amide bonds. The Kier molecular flexibility index (Phi) is 4.66. The number of carbonyl (C=O) groups excluding carboxylic acids is 1. The highest BCUT2D eigenvalue weighted by atomic mass is 19.2. The van der Waals surface area contributed by atoms with Gasteiger partial charge in [-0.25, -0.2) is 17.6 Å². The van der Waals surface area contributed by atoms with Crippen molar-refractivity contribution in [2.24, 2.45) is 0 Å². The van der Waals surface area contributed by atoms with Gasteiger partial charge in [-0.3, -0.25) is 4.79 Å². The SMILES string of the molecule is CC(CCO)NC(=O)c1cc(F)c(F)c(F)c1F. The molecule has 100 valence electrons. The van der Waals surface area contributed by atoms with Gasteiger partial charge in [-0.2, -0.15) is 0 Å². The van der Waals surface area contributed by atoms with Crippen LogP contribution in [0, 0.1) is 23.3 Å². The van der Waals surface area contributed by atoms with Crippen molar-refractivity contribution < 1.29 is 27.5 Å². The van der Waals surface area contributed by atoms with Crippen LogP contribution >= 0.6 is 0 Å². The number of amides is 1. The second-order valence-electron chi connectivity index (χ2n) is 3.73. The van der Waals surface area contributed by atoms with E-state index < -0.39 is 40.8 Å². The lowest BCUT2D eigenvalue weighted by molar-refractivity contribution is 0.0928. The van der Waals surface area contributed by atoms with E-state index in [1.54, 1.807) is 0 Å². The fraction of sp³-hybridized carbons (Fsp3) is 0.364. The molecular formula is C11H11F4NO2. The van der Waals surface area contributed by atoms with Crippen LogP contribution in [0.1, 0.15) is 23.7 Å². The van der Waals surface area contributed by atoms with Crippen molar-refractivity contribution in [3.8, 4) is 0 Å². The van der Waals surface area contributed by atoms with Crippen molar-refractivity contribution in [3.63, 3.8) is 0 Å². The smallest absolute Gasteiger partial charge is 0.254 e. The van der Waals surface area contributed by atoms with Crippen molar-refractivity contribution in [3.05, 3.63) is 34.9 Å². The molecular weight excluding hydrogens is 254 g/mol. The normalized spacial score (nSPS) is 12.3. The van der Waals surface area contributed by atoms with Gasteiger partial charge in [-0.1, -0.05) is 0 Å². The van der Waals surface area contributed by atoms with E-state index in [2.05, 4.69) is 5.32 Å². The highest BCUT2D eigenvalue weighted by Crippen LogP contribution is 2.18. The third kappa shape index (κ3) is 2.98. The van der Waals surface area contributed by atoms with Crippen LogP contribution in [0.2, 0.25) is 0 Å². The largest absolute Gasteiger partial charge is 0.396 e. The highest BCUT2D eigenvalue weighted by Gasteiger charge is 2.23. The molecule has 1 aromatic carbocycles. The van der Waals surface area contributed by atoms with Crippen LogP contribution in [0.4, 0.5) is 17.6 Å². The summed E-state index contributed by atoms with van der Waals surface area (Å²) in [5, 5.41) is 10.8. The van der Waals surface area contributed by atoms with Gasteiger partial charge in [0.25, 0.3) is 5.91 Å². The van der Waals surface area contributed by atoms with Gasteiger partial charge in [0, 0.05) is 12.6 Å². The van der Waals surface area contributed by atoms with Crippen LogP contribution in [-0.4, -0.2) is 23.7 Å². The Morgan fingerprint density at radius 2 is 1.89 bits per heavy atom. The molecule has 0 aliphatic rings. The van der Waals surface area contributed by atoms with Gasteiger partial charge in [0.1, 0.15) is 0 Å². The maximum Gasteiger partial charge on any atom is 0.254 e. The number of hydrogen-bond donors (Lipinski definition) is 2. The lowest BCUT2D eigenvalue weighted by Gasteiger charge is -2.13. The second-order valence-corrected chi connectivity index (χ2v) is 3.73. The van der Waals surface area contributed by atoms with Gasteiger partial charge in [-0.05, 0) is 19.4 Å². The molecule has 1 unspecified atom stereocenters. The zero-order valence-electron chi connectivity index (χ0n) is 9.44. The highest BCUT2D eigenvalue weighted by molar-refractivity contribution is 5.94. The molecule has 0 saturated carbocycles. The molecule has 2 N–H and O–H groups in total. The van der Waals surface area contributed by atoms with Crippen molar-refractivity contribution in [1.82, 2.24) is 5.32 Å². The Morgan fingerprint density at radius 3 is 2.44 bits per heavy atom. The molecule has 3 nitrogen and oxygen atoms in total. The van der Waals surface area contributed by atoms with Gasteiger partial charge in [-0.15, -0.1) is 0 Å². The monoisotopic (exact) mass is 265 g/mol. The Hall–Kier alpha value is -1.63. The summed E-state index contributed by atoms with van der Waals surface area (Å²) in [5.74, 6) is -8.47. The number of benzene rings is 1. The van der Waals surface area contributed by atoms with Crippen LogP contribution < -0.4 is 5.32 Å². The van der Waals surface area contributed by atoms with Crippen LogP contribution in [0.5, 0.6) is 0 Å². The first-order valence-electron chi connectivity index (χ1n) is 5.13. The molecule has 1 atom stereocenters. The van der Waals surface area contributed by atoms with E-state index in [4.69, 9.17) is 5.11 Å². The Labute approximate surface area is 100 Å². The topological polar surface area (TPSA) is 49.3 Å². The van der Waals surface area contributed by atoms with E-state index in [9.17, 15) is 22.4 Å². The molecule has 0 saturated heterocycles. The summed E-state index contributed by atoms with van der Waals surface area (Å²) in [6, 6.07) is -0.229. The van der Waals surface area contributed by atoms with Gasteiger partial charge >= 0.3 is 0 Å². The minimum Gasteiger partial charge on any atom is -0.396 e. The number of halogens is 4. The number of nitrogens with one attached hydrogen (secondary N) is 1. The molecule has 0 aliphatic carbocycles. The van der Waals surface area contributed by atoms with Gasteiger partial charge in [0.2, 0.25) is 0 Å². The third-order valence-corrected chi connectivity index (χ3v) is 2.29. The minimum absolute atomic E-state index is 0.194. The third-order valence-electron chi connectivity index (χ3n) is 2.29. The Balaban J connectivity index is 3.00. The molecule has 0 radical (unpaired) electrons. The number of aliphatic hydroxyl groups excluding tert-OH is 1. The summed E-state index contributed by atoms with van der Waals surface area (Å²) in [4.78, 5) is 11.5. The Bertz CT molecular complexity index is 465. The zero-order valence-corrected chi connectivity index (χ0v) is 9.44. The average Bonchev–Trinajstić information content (AvgIpc) is 2.31. The fourth-order valence-corrected chi connectivity index (χ4v) is 1.31. The molecule has 7 heteroatoms. The molecule has 0 fully saturated rings. The summed E-state index contributed by atoms with van der Waals surface area (Å²) in [6.07, 6.45) is 0.194. The molecule has 0 bridgehead atoms. The summed E-state index contributed by atoms with van der Waals surface area (Å²) >= 11 is 0. The van der Waals surface area contributed by atoms with Gasteiger partial charge in [0.15, 0.2) is 23.3 Å². The first-order chi connectivity index (χ1) is 8.38. The van der Waals surface area contributed by atoms with E-state index in [0.29, 0.717) is 0 Å². The lowest BCUT2D eigenvalue weighted by atomic mass is 10.1. The first kappa shape index (κ1) is 14.4. The number of carbonyl (C=O) groups is 1. The molecule has 0 aliphatic heterocycles. The van der Waals surface area contributed by atoms with Crippen LogP contribution in [0.3, 0.4) is 0 Å². The molecule has 18 heavy (non-hydrogen) atoms. The predicted octanol–water partition coefficient (Wildman–Crippen LogP) is 1.74. The van der Waals surface area contributed by atoms with E-state index in [1.165, 1.54) is 6.92 Å². The van der Waals surface area contributed by atoms with Crippen molar-refractivity contribution in [2.45, 2.75) is 19.4 Å². The minimum atomic E-state index is -2.03. The number of hydrogen-bond acceptors (Lipinski definition) is 2. The van der Waals surface area contributed by atoms with Gasteiger partial charge in [0.05, 0.1) is 5.56 Å². The molecule has 1 aromatic rings. The van der Waals surface area contributed by atoms with Crippen LogP contribution in [0.25, 0.3) is 0 Å². The van der Waals surface area contributed by atoms with E-state index in [0.717, 1.165) is 0 Å². The summed E-state index contributed by atoms with van der Waals surface area (Å²) in [5.41, 5.74) is -0.920. The maximum absolute atomic E-state index is 13.2. The Morgan fingerprint density at radius 1 is 1.28 bits per heavy atom. The van der Waals surface area contributed by atoms with Crippen molar-refractivity contribution in [1.29, 1.82) is 0 Å². The quantitative estimate of drug-likeness (QED) is 0.495. The second kappa shape index (κ2) is 5.81. The fourth-order valence-electron chi connectivity index (χ4n) is 1.31. The van der Waals surface area contributed by atoms with Crippen LogP contribution in [0.15, 0.2) is 6.07 Å². The molecule has 0 spiro atoms. The molecule has 0 aromatic heterocycles. The van der Waals surface area contributed by atoms with Gasteiger partial charge < -0.3 is 10.4 Å². The zero-order chi connectivity index (χ0) is 13.9. The summed E-state index contributed by atoms with van der Waals surface area (Å²) < 4.78 is 51.7. The van der Waals surface area contributed by atoms with E-state index >= 15 is 0 Å². The molecule has 1 rings (SSSR count). The lowest BCUT2D eigenvalue weighted by Crippen LogP contribution is -2.34. The number of rotatable bonds is 4. The van der Waals surface area contributed by atoms with Crippen LogP contribution in [-0.2, 0) is 0 Å². The maximum atomic E-state index is 13.2. The summed E-state index contributed by atoms with van der Waals surface area (Å²) in [7, 11) is 0.